The van der Waals surface area contributed by atoms with Crippen LogP contribution in [-0.2, 0) is 71.0 Å². The fraction of sp³-hybridized carbons (Fsp3) is 0.759. The number of hydrogen-bond donors (Lipinski definition) is 3. The van der Waals surface area contributed by atoms with Gasteiger partial charge in [0.25, 0.3) is 0 Å². The molecular weight excluding hydrogens is 1540 g/mol. The van der Waals surface area contributed by atoms with Gasteiger partial charge in [-0.15, -0.1) is 0 Å². The molecule has 0 aromatic heterocycles. The summed E-state index contributed by atoms with van der Waals surface area (Å²) in [5, 5.41) is 15.6. The lowest BCUT2D eigenvalue weighted by molar-refractivity contribution is -0.272. The maximum absolute atomic E-state index is 15.8. The number of esters is 3. The summed E-state index contributed by atoms with van der Waals surface area (Å²) in [7, 11) is -5.22. The van der Waals surface area contributed by atoms with Gasteiger partial charge in [0.15, 0.2) is 18.0 Å². The molecule has 8 atom stereocenters. The Bertz CT molecular complexity index is 2800. The molecule has 0 saturated carbocycles. The van der Waals surface area contributed by atoms with Gasteiger partial charge in [0.05, 0.1) is 25.5 Å². The Morgan fingerprint density at radius 3 is 1.38 bits per heavy atom. The number of benzene rings is 2. The summed E-state index contributed by atoms with van der Waals surface area (Å²) < 4.78 is 78.6. The normalized spacial score (nSPS) is 17.0. The van der Waals surface area contributed by atoms with Crippen molar-refractivity contribution in [2.75, 3.05) is 19.8 Å². The van der Waals surface area contributed by atoms with E-state index in [2.05, 4.69) is 38.3 Å². The van der Waals surface area contributed by atoms with E-state index in [1.807, 2.05) is 0 Å². The van der Waals surface area contributed by atoms with Crippen LogP contribution in [0.4, 0.5) is 9.59 Å². The molecule has 1 fully saturated rings. The predicted octanol–water partition coefficient (Wildman–Crippen LogP) is 22.1. The minimum absolute atomic E-state index is 0.0536. The van der Waals surface area contributed by atoms with E-state index in [0.29, 0.717) is 32.1 Å². The molecule has 1 aliphatic rings. The van der Waals surface area contributed by atoms with Gasteiger partial charge >= 0.3 is 43.9 Å². The van der Waals surface area contributed by atoms with Crippen molar-refractivity contribution in [1.29, 1.82) is 0 Å². The van der Waals surface area contributed by atoms with E-state index in [9.17, 15) is 33.9 Å². The van der Waals surface area contributed by atoms with E-state index in [1.165, 1.54) is 51.0 Å². The van der Waals surface area contributed by atoms with Crippen LogP contribution >= 0.6 is 77.4 Å². The van der Waals surface area contributed by atoms with Crippen LogP contribution in [0, 0.1) is 0 Å². The summed E-state index contributed by atoms with van der Waals surface area (Å²) in [6.07, 6.45) is 18.1. The van der Waals surface area contributed by atoms with E-state index in [4.69, 9.17) is 121 Å². The molecule has 1 saturated heterocycles. The first-order chi connectivity index (χ1) is 51.6. The molecule has 3 N–H and O–H groups in total. The zero-order valence-electron chi connectivity index (χ0n) is 64.7. The molecule has 29 heteroatoms. The summed E-state index contributed by atoms with van der Waals surface area (Å²) in [6, 6.07) is 12.3. The molecule has 0 spiro atoms. The lowest BCUT2D eigenvalue weighted by atomic mass is 9.96. The van der Waals surface area contributed by atoms with Crippen LogP contribution in [0.2, 0.25) is 0 Å². The number of phosphoric ester groups is 1. The lowest BCUT2D eigenvalue weighted by Crippen LogP contribution is -2.67. The van der Waals surface area contributed by atoms with Crippen LogP contribution in [0.1, 0.15) is 298 Å². The van der Waals surface area contributed by atoms with E-state index in [0.717, 1.165) is 167 Å². The van der Waals surface area contributed by atoms with E-state index < -0.39 is 145 Å². The second kappa shape index (κ2) is 56.9. The number of alkyl carbamates (subject to hydrolysis) is 1. The van der Waals surface area contributed by atoms with Crippen molar-refractivity contribution >= 4 is 119 Å². The summed E-state index contributed by atoms with van der Waals surface area (Å²) in [5.41, 5.74) is -1.85. The Labute approximate surface area is 673 Å². The van der Waals surface area contributed by atoms with Gasteiger partial charge in [0.1, 0.15) is 55.2 Å². The third kappa shape index (κ3) is 46.1. The molecule has 618 valence electrons. The number of unbranched alkanes of at least 4 members (excludes halogenated alkanes) is 28. The van der Waals surface area contributed by atoms with Gasteiger partial charge < -0.3 is 62.7 Å². The number of carbonyl (C=O) groups excluding carboxylic acids is 6. The Hall–Kier alpha value is -4.22. The van der Waals surface area contributed by atoms with Crippen molar-refractivity contribution in [3.63, 3.8) is 0 Å². The number of carboxylic acids is 1. The third-order valence-corrected chi connectivity index (χ3v) is 21.4. The van der Waals surface area contributed by atoms with Crippen LogP contribution in [0.15, 0.2) is 60.7 Å². The average Bonchev–Trinajstić information content (AvgIpc) is 0.770. The number of alkyl halides is 6. The first-order valence-corrected chi connectivity index (χ1v) is 43.4. The lowest BCUT2D eigenvalue weighted by Gasteiger charge is -2.45. The number of aliphatic carboxylic acids is 1. The quantitative estimate of drug-likeness (QED) is 0.0182. The Kier molecular flexibility index (Phi) is 51.6. The van der Waals surface area contributed by atoms with Crippen molar-refractivity contribution in [1.82, 2.24) is 10.6 Å². The molecule has 0 unspecified atom stereocenters. The van der Waals surface area contributed by atoms with Gasteiger partial charge in [0, 0.05) is 19.3 Å². The van der Waals surface area contributed by atoms with Gasteiger partial charge in [-0.3, -0.25) is 28.5 Å². The molecule has 3 rings (SSSR count). The minimum Gasteiger partial charge on any atom is -0.481 e. The van der Waals surface area contributed by atoms with E-state index in [1.54, 1.807) is 36.4 Å². The van der Waals surface area contributed by atoms with Gasteiger partial charge in [-0.2, -0.15) is 0 Å². The second-order valence-electron chi connectivity index (χ2n) is 28.5. The van der Waals surface area contributed by atoms with Gasteiger partial charge in [-0.1, -0.05) is 313 Å². The molecule has 0 aliphatic carbocycles. The number of carboxylic acid groups (broad SMARTS) is 1. The van der Waals surface area contributed by atoms with Crippen LogP contribution in [-0.4, -0.2) is 129 Å². The SMILES string of the molecule is CCCCCCCCCCC[C@H](CC(=O)N[C@@H](CCC(=O)O)CO[C@H]1O[C@H](COC(=O)OC(C)(C)C(Cl)(Cl)Cl)[C@@H](OP(=O)(Oc2ccccc2)Oc2ccccc2)[C@H](OC(=O)C[C@@H](CCCCCCCCCCC)OC(=O)CCCCCCCCC)[C@H]1NC(=O)OCC(Cl)(Cl)Cl)OC(=O)CCCCCCCCC. The van der Waals surface area contributed by atoms with Crippen molar-refractivity contribution in [2.45, 2.75) is 360 Å². The Morgan fingerprint density at radius 2 is 0.954 bits per heavy atom. The van der Waals surface area contributed by atoms with Crippen LogP contribution in [0.5, 0.6) is 11.5 Å². The molecule has 1 heterocycles. The first-order valence-electron chi connectivity index (χ1n) is 39.7. The largest absolute Gasteiger partial charge is 0.588 e. The van der Waals surface area contributed by atoms with Crippen LogP contribution in [0.3, 0.4) is 0 Å². The molecule has 0 bridgehead atoms. The zero-order valence-corrected chi connectivity index (χ0v) is 70.1. The number of phosphoric acid groups is 1. The molecule has 2 aromatic rings. The van der Waals surface area contributed by atoms with Crippen molar-refractivity contribution in [3.8, 4) is 11.5 Å². The van der Waals surface area contributed by atoms with Crippen molar-refractivity contribution in [2.24, 2.45) is 0 Å². The topological polar surface area (TPSA) is 282 Å². The second-order valence-corrected chi connectivity index (χ2v) is 34.8. The number of amides is 2. The van der Waals surface area contributed by atoms with E-state index >= 15 is 9.36 Å². The minimum atomic E-state index is -5.22. The van der Waals surface area contributed by atoms with Crippen LogP contribution in [0.25, 0.3) is 0 Å². The molecule has 0 radical (unpaired) electrons. The van der Waals surface area contributed by atoms with Gasteiger partial charge in [0.2, 0.25) is 13.5 Å². The average molecular weight is 1670 g/mol. The molecular formula is C79H125Cl6N2O20P. The fourth-order valence-corrected chi connectivity index (χ4v) is 13.8. The number of ether oxygens (including phenoxy) is 8. The molecule has 2 aromatic carbocycles. The maximum atomic E-state index is 15.8. The molecule has 22 nitrogen and oxygen atoms in total. The number of carbonyl (C=O) groups is 7. The highest BCUT2D eigenvalue weighted by Gasteiger charge is 2.55. The smallest absolute Gasteiger partial charge is 0.481 e. The van der Waals surface area contributed by atoms with Crippen molar-refractivity contribution < 1.29 is 94.7 Å². The first kappa shape index (κ1) is 98.0. The fourth-order valence-electron chi connectivity index (χ4n) is 12.1. The number of hydrogen-bond acceptors (Lipinski definition) is 19. The highest BCUT2D eigenvalue weighted by Crippen LogP contribution is 2.53. The highest BCUT2D eigenvalue weighted by atomic mass is 35.6. The standard InChI is InChI=1S/C79H125Cl6N2O20P/c1-7-11-15-19-23-25-29-31-37-49-63(100-68(91)51-43-33-27-21-17-13-9-3)55-66(88)86-60(53-54-67(89)90)57-97-74-71(87-75(94)99-59-78(80,81)82)73(103-70(93)56-64(50-38-32-30-26-24-20-16-12-8-2)101-69(92)52-44-34-28-22-18-14-10-4)72(65(102-74)58-98-76(95)104-77(5,6)79(83,84)85)107-108(96,105-61-45-39-35-40-46-61)106-62-47-41-36-42-48-62/h35-36,39-42,45-48,60,63-65,71-74H,7-34,37-38,43-44,49-59H2,1-6H3,(H,86,88)(H,87,94)(H,89,90)/t60-,63+,64+,65+,71+,72+,73+,74-/m0/s1. The van der Waals surface area contributed by atoms with E-state index in [-0.39, 0.29) is 43.6 Å². The number of rotatable bonds is 61. The number of para-hydroxylation sites is 2. The van der Waals surface area contributed by atoms with Crippen molar-refractivity contribution in [3.05, 3.63) is 60.7 Å². The number of nitrogens with one attached hydrogen (secondary N) is 2. The zero-order chi connectivity index (χ0) is 79.5. The Morgan fingerprint density at radius 1 is 0.528 bits per heavy atom. The summed E-state index contributed by atoms with van der Waals surface area (Å²) in [5.74, 6) is -4.01. The number of halogens is 6. The summed E-state index contributed by atoms with van der Waals surface area (Å²) in [4.78, 5) is 97.7. The van der Waals surface area contributed by atoms with Crippen LogP contribution < -0.4 is 19.7 Å². The summed E-state index contributed by atoms with van der Waals surface area (Å²) in [6.45, 7) is 8.73. The molecule has 108 heavy (non-hydrogen) atoms. The third-order valence-electron chi connectivity index (χ3n) is 18.3. The van der Waals surface area contributed by atoms with Gasteiger partial charge in [-0.05, 0) is 83.1 Å². The molecule has 2 amide bonds. The predicted molar refractivity (Wildman–Crippen MR) is 423 cm³/mol. The highest BCUT2D eigenvalue weighted by molar-refractivity contribution is 7.49. The Balaban J connectivity index is 2.29. The molecule has 1 aliphatic heterocycles. The monoisotopic (exact) mass is 1660 g/mol. The maximum Gasteiger partial charge on any atom is 0.588 e. The van der Waals surface area contributed by atoms with Gasteiger partial charge in [-0.25, -0.2) is 14.2 Å². The summed E-state index contributed by atoms with van der Waals surface area (Å²) >= 11 is 37.0.